The fraction of sp³-hybridized carbons (Fsp3) is 0.333. The number of rotatable bonds is 5. The molecule has 21 heavy (non-hydrogen) atoms. The van der Waals surface area contributed by atoms with Gasteiger partial charge in [-0.1, -0.05) is 42.8 Å². The molecule has 2 aromatic rings. The van der Waals surface area contributed by atoms with E-state index in [0.29, 0.717) is 5.56 Å². The Kier molecular flexibility index (Phi) is 5.38. The summed E-state index contributed by atoms with van der Waals surface area (Å²) < 4.78 is 13.5. The number of benzene rings is 2. The van der Waals surface area contributed by atoms with Gasteiger partial charge in [0.1, 0.15) is 5.82 Å². The highest BCUT2D eigenvalue weighted by molar-refractivity contribution is 6.31. The Morgan fingerprint density at radius 1 is 1.05 bits per heavy atom. The van der Waals surface area contributed by atoms with Crippen molar-refractivity contribution in [1.82, 2.24) is 5.32 Å². The molecule has 0 aliphatic rings. The monoisotopic (exact) mass is 305 g/mol. The molecule has 0 aliphatic carbocycles. The molecule has 0 aliphatic heterocycles. The average Bonchev–Trinajstić information content (AvgIpc) is 2.46. The minimum absolute atomic E-state index is 0.0300. The Morgan fingerprint density at radius 2 is 1.71 bits per heavy atom. The lowest BCUT2D eigenvalue weighted by molar-refractivity contribution is 0.590. The van der Waals surface area contributed by atoms with E-state index in [1.54, 1.807) is 6.92 Å². The lowest BCUT2D eigenvalue weighted by Gasteiger charge is -2.21. The van der Waals surface area contributed by atoms with Gasteiger partial charge >= 0.3 is 0 Å². The van der Waals surface area contributed by atoms with Crippen LogP contribution in [0.3, 0.4) is 0 Å². The Labute approximate surface area is 131 Å². The van der Waals surface area contributed by atoms with E-state index < -0.39 is 0 Å². The van der Waals surface area contributed by atoms with E-state index in [-0.39, 0.29) is 11.9 Å². The van der Waals surface area contributed by atoms with Crippen molar-refractivity contribution in [3.05, 3.63) is 69.5 Å². The van der Waals surface area contributed by atoms with Crippen LogP contribution in [0.2, 0.25) is 5.02 Å². The molecular weight excluding hydrogens is 285 g/mol. The smallest absolute Gasteiger partial charge is 0.126 e. The second-order valence-corrected chi connectivity index (χ2v) is 5.81. The van der Waals surface area contributed by atoms with Crippen LogP contribution in [0.5, 0.6) is 0 Å². The molecule has 2 aromatic carbocycles. The van der Waals surface area contributed by atoms with Crippen LogP contribution in [-0.2, 0) is 0 Å². The second-order valence-electron chi connectivity index (χ2n) is 5.40. The summed E-state index contributed by atoms with van der Waals surface area (Å²) in [5, 5.41) is 4.27. The Bertz CT molecular complexity index is 573. The van der Waals surface area contributed by atoms with E-state index in [1.807, 2.05) is 31.2 Å². The van der Waals surface area contributed by atoms with Crippen LogP contribution in [0.25, 0.3) is 0 Å². The Hall–Kier alpha value is -1.38. The minimum Gasteiger partial charge on any atom is -0.306 e. The molecule has 3 heteroatoms. The first-order valence-electron chi connectivity index (χ1n) is 7.28. The van der Waals surface area contributed by atoms with Gasteiger partial charge in [0.05, 0.1) is 6.04 Å². The Morgan fingerprint density at radius 3 is 2.33 bits per heavy atom. The molecule has 0 amide bonds. The van der Waals surface area contributed by atoms with Crippen LogP contribution in [0.15, 0.2) is 36.4 Å². The van der Waals surface area contributed by atoms with E-state index in [9.17, 15) is 4.39 Å². The number of aryl methyl sites for hydroxylation is 2. The van der Waals surface area contributed by atoms with Crippen LogP contribution in [0.4, 0.5) is 4.39 Å². The third-order valence-corrected chi connectivity index (χ3v) is 4.05. The molecule has 1 N–H and O–H groups in total. The molecule has 0 saturated carbocycles. The summed E-state index contributed by atoms with van der Waals surface area (Å²) in [6.45, 7) is 6.80. The van der Waals surface area contributed by atoms with Gasteiger partial charge in [0.25, 0.3) is 0 Å². The summed E-state index contributed by atoms with van der Waals surface area (Å²) >= 11 is 6.25. The van der Waals surface area contributed by atoms with Crippen molar-refractivity contribution in [2.45, 2.75) is 33.2 Å². The minimum atomic E-state index is -0.171. The highest BCUT2D eigenvalue weighted by atomic mass is 35.5. The lowest BCUT2D eigenvalue weighted by Crippen LogP contribution is -2.23. The molecule has 0 aromatic heterocycles. The summed E-state index contributed by atoms with van der Waals surface area (Å²) in [5.41, 5.74) is 3.88. The first-order chi connectivity index (χ1) is 10.0. The molecule has 1 unspecified atom stereocenters. The molecule has 112 valence electrons. The summed E-state index contributed by atoms with van der Waals surface area (Å²) in [4.78, 5) is 0. The van der Waals surface area contributed by atoms with Crippen LogP contribution >= 0.6 is 11.6 Å². The molecular formula is C18H21ClFN. The summed E-state index contributed by atoms with van der Waals surface area (Å²) in [7, 11) is 0. The van der Waals surface area contributed by atoms with Crippen molar-refractivity contribution in [3.63, 3.8) is 0 Å². The van der Waals surface area contributed by atoms with Gasteiger partial charge in [-0.25, -0.2) is 4.39 Å². The van der Waals surface area contributed by atoms with Crippen LogP contribution in [-0.4, -0.2) is 6.54 Å². The summed E-state index contributed by atoms with van der Waals surface area (Å²) in [6, 6.07) is 11.4. The molecule has 0 fully saturated rings. The van der Waals surface area contributed by atoms with Gasteiger partial charge in [0.15, 0.2) is 0 Å². The maximum atomic E-state index is 13.5. The van der Waals surface area contributed by atoms with Crippen molar-refractivity contribution in [2.24, 2.45) is 0 Å². The molecule has 1 atom stereocenters. The Balaban J connectivity index is 2.41. The predicted molar refractivity (Wildman–Crippen MR) is 87.5 cm³/mol. The van der Waals surface area contributed by atoms with Crippen molar-refractivity contribution < 1.29 is 4.39 Å². The van der Waals surface area contributed by atoms with Crippen molar-refractivity contribution in [1.29, 1.82) is 0 Å². The maximum Gasteiger partial charge on any atom is 0.126 e. The zero-order valence-corrected chi connectivity index (χ0v) is 13.5. The van der Waals surface area contributed by atoms with Crippen molar-refractivity contribution in [2.75, 3.05) is 6.54 Å². The zero-order valence-electron chi connectivity index (χ0n) is 12.7. The van der Waals surface area contributed by atoms with E-state index >= 15 is 0 Å². The molecule has 0 heterocycles. The van der Waals surface area contributed by atoms with Gasteiger partial charge < -0.3 is 5.32 Å². The number of hydrogen-bond acceptors (Lipinski definition) is 1. The average molecular weight is 306 g/mol. The normalized spacial score (nSPS) is 12.4. The van der Waals surface area contributed by atoms with Gasteiger partial charge in [-0.15, -0.1) is 0 Å². The van der Waals surface area contributed by atoms with Crippen molar-refractivity contribution in [3.8, 4) is 0 Å². The largest absolute Gasteiger partial charge is 0.306 e. The van der Waals surface area contributed by atoms with Crippen LogP contribution in [0.1, 0.15) is 41.6 Å². The molecule has 0 radical (unpaired) electrons. The van der Waals surface area contributed by atoms with Crippen LogP contribution < -0.4 is 5.32 Å². The standard InChI is InChI=1S/C18H21ClFN/c1-4-9-21-18(14-7-8-17(20)13(3)10-14)15-6-5-12(2)16(19)11-15/h5-8,10-11,18,21H,4,9H2,1-3H3. The fourth-order valence-corrected chi connectivity index (χ4v) is 2.54. The van der Waals surface area contributed by atoms with Crippen molar-refractivity contribution >= 4 is 11.6 Å². The quantitative estimate of drug-likeness (QED) is 0.802. The first-order valence-corrected chi connectivity index (χ1v) is 7.66. The zero-order chi connectivity index (χ0) is 15.4. The summed E-state index contributed by atoms with van der Waals surface area (Å²) in [6.07, 6.45) is 1.04. The van der Waals surface area contributed by atoms with E-state index in [2.05, 4.69) is 18.3 Å². The van der Waals surface area contributed by atoms with Gasteiger partial charge in [-0.2, -0.15) is 0 Å². The predicted octanol–water partition coefficient (Wildman–Crippen LogP) is 5.18. The molecule has 1 nitrogen and oxygen atoms in total. The lowest BCUT2D eigenvalue weighted by atomic mass is 9.96. The van der Waals surface area contributed by atoms with Gasteiger partial charge in [0.2, 0.25) is 0 Å². The highest BCUT2D eigenvalue weighted by Crippen LogP contribution is 2.27. The van der Waals surface area contributed by atoms with Gasteiger partial charge in [-0.05, 0) is 61.2 Å². The van der Waals surface area contributed by atoms with E-state index in [1.165, 1.54) is 6.07 Å². The molecule has 2 rings (SSSR count). The number of hydrogen-bond donors (Lipinski definition) is 1. The third kappa shape index (κ3) is 3.84. The van der Waals surface area contributed by atoms with Gasteiger partial charge in [-0.3, -0.25) is 0 Å². The number of nitrogens with one attached hydrogen (secondary N) is 1. The highest BCUT2D eigenvalue weighted by Gasteiger charge is 2.15. The fourth-order valence-electron chi connectivity index (χ4n) is 2.35. The number of halogens is 2. The molecule has 0 saturated heterocycles. The molecule has 0 bridgehead atoms. The van der Waals surface area contributed by atoms with Gasteiger partial charge in [0, 0.05) is 5.02 Å². The second kappa shape index (κ2) is 7.06. The molecule has 0 spiro atoms. The van der Waals surface area contributed by atoms with E-state index in [0.717, 1.165) is 34.7 Å². The maximum absolute atomic E-state index is 13.5. The van der Waals surface area contributed by atoms with E-state index in [4.69, 9.17) is 11.6 Å². The topological polar surface area (TPSA) is 12.0 Å². The first kappa shape index (κ1) is 16.0. The van der Waals surface area contributed by atoms with Crippen LogP contribution in [0, 0.1) is 19.7 Å². The third-order valence-electron chi connectivity index (χ3n) is 3.64. The SMILES string of the molecule is CCCNC(c1ccc(F)c(C)c1)c1ccc(C)c(Cl)c1. The summed E-state index contributed by atoms with van der Waals surface area (Å²) in [5.74, 6) is -0.171.